The number of rotatable bonds is 62. The second-order valence-electron chi connectivity index (χ2n) is 22.7. The number of unbranched alkanes of at least 4 members (excludes halogenated alkanes) is 29. The first kappa shape index (κ1) is 78.5. The molecule has 1 unspecified atom stereocenters. The number of esters is 3. The van der Waals surface area contributed by atoms with Crippen molar-refractivity contribution < 1.29 is 28.6 Å². The molecule has 6 heteroatoms. The van der Waals surface area contributed by atoms with E-state index in [0.29, 0.717) is 19.3 Å². The summed E-state index contributed by atoms with van der Waals surface area (Å²) in [6, 6.07) is 0. The van der Waals surface area contributed by atoms with Gasteiger partial charge in [0.2, 0.25) is 0 Å². The molecular formula is C77H128O6. The van der Waals surface area contributed by atoms with Gasteiger partial charge in [-0.1, -0.05) is 321 Å². The van der Waals surface area contributed by atoms with Crippen LogP contribution in [0.5, 0.6) is 0 Å². The zero-order valence-electron chi connectivity index (χ0n) is 54.2. The molecule has 0 aromatic rings. The predicted octanol–water partition coefficient (Wildman–Crippen LogP) is 24.1. The van der Waals surface area contributed by atoms with E-state index in [2.05, 4.69) is 154 Å². The molecule has 0 aromatic heterocycles. The zero-order chi connectivity index (χ0) is 59.9. The summed E-state index contributed by atoms with van der Waals surface area (Å²) >= 11 is 0. The number of allylic oxidation sites excluding steroid dienone is 22. The Morgan fingerprint density at radius 1 is 0.253 bits per heavy atom. The van der Waals surface area contributed by atoms with E-state index in [9.17, 15) is 14.4 Å². The van der Waals surface area contributed by atoms with Gasteiger partial charge in [0, 0.05) is 19.3 Å². The van der Waals surface area contributed by atoms with E-state index in [-0.39, 0.29) is 37.5 Å². The summed E-state index contributed by atoms with van der Waals surface area (Å²) in [4.78, 5) is 38.4. The standard InChI is InChI=1S/C77H128O6/c1-4-7-10-13-16-19-22-25-27-29-31-33-35-36-37-38-39-40-42-43-45-47-49-52-55-58-61-64-67-70-76(79)82-73-74(72-81-75(78)69-66-63-60-57-54-51-24-21-18-15-12-9-6-3)83-77(80)71-68-65-62-59-56-53-50-48-46-44-41-34-32-30-28-26-23-20-17-14-11-8-5-2/h7-8,10-11,16-17,19-20,25-28,31-34,44,46,50,53,59,62,74H,4-6,9,12-15,18,21-24,29-30,35-43,45,47-49,51-52,54-58,60-61,63-73H2,1-3H3/b10-7-,11-8-,19-16-,20-17-,27-25-,28-26-,33-31-,34-32-,46-44-,53-50-,62-59-. The Bertz CT molecular complexity index is 1750. The van der Waals surface area contributed by atoms with Gasteiger partial charge in [0.05, 0.1) is 0 Å². The minimum Gasteiger partial charge on any atom is -0.462 e. The molecule has 1 atom stereocenters. The van der Waals surface area contributed by atoms with E-state index in [4.69, 9.17) is 14.2 Å². The molecule has 472 valence electrons. The summed E-state index contributed by atoms with van der Waals surface area (Å²) in [6.07, 6.45) is 99.1. The first-order valence-corrected chi connectivity index (χ1v) is 34.7. The van der Waals surface area contributed by atoms with E-state index in [0.717, 1.165) is 116 Å². The molecular weight excluding hydrogens is 1020 g/mol. The van der Waals surface area contributed by atoms with Crippen molar-refractivity contribution in [3.63, 3.8) is 0 Å². The van der Waals surface area contributed by atoms with Gasteiger partial charge in [0.25, 0.3) is 0 Å². The van der Waals surface area contributed by atoms with Crippen LogP contribution in [0.15, 0.2) is 134 Å². The highest BCUT2D eigenvalue weighted by Crippen LogP contribution is 2.17. The minimum atomic E-state index is -0.812. The third-order valence-corrected chi connectivity index (χ3v) is 14.7. The predicted molar refractivity (Wildman–Crippen MR) is 362 cm³/mol. The van der Waals surface area contributed by atoms with E-state index in [1.165, 1.54) is 154 Å². The molecule has 0 amide bonds. The van der Waals surface area contributed by atoms with Crippen LogP contribution in [-0.4, -0.2) is 37.2 Å². The number of carbonyl (C=O) groups is 3. The van der Waals surface area contributed by atoms with Crippen LogP contribution in [0.3, 0.4) is 0 Å². The Hall–Kier alpha value is -4.45. The van der Waals surface area contributed by atoms with Crippen LogP contribution in [-0.2, 0) is 28.6 Å². The van der Waals surface area contributed by atoms with Crippen LogP contribution in [0.25, 0.3) is 0 Å². The second-order valence-corrected chi connectivity index (χ2v) is 22.7. The fourth-order valence-corrected chi connectivity index (χ4v) is 9.54. The minimum absolute atomic E-state index is 0.100. The van der Waals surface area contributed by atoms with E-state index in [1.54, 1.807) is 0 Å². The normalized spacial score (nSPS) is 13.0. The Morgan fingerprint density at radius 3 is 0.771 bits per heavy atom. The van der Waals surface area contributed by atoms with Gasteiger partial charge in [0.15, 0.2) is 6.10 Å². The molecule has 0 radical (unpaired) electrons. The van der Waals surface area contributed by atoms with Gasteiger partial charge in [-0.05, 0) is 109 Å². The maximum Gasteiger partial charge on any atom is 0.306 e. The molecule has 0 heterocycles. The first-order chi connectivity index (χ1) is 41.0. The molecule has 0 aromatic carbocycles. The Kier molecular flexibility index (Phi) is 66.3. The fraction of sp³-hybridized carbons (Fsp3) is 0.675. The molecule has 0 spiro atoms. The maximum absolute atomic E-state index is 12.9. The highest BCUT2D eigenvalue weighted by Gasteiger charge is 2.19. The monoisotopic (exact) mass is 1150 g/mol. The molecule has 0 fully saturated rings. The van der Waals surface area contributed by atoms with E-state index < -0.39 is 6.10 Å². The molecule has 83 heavy (non-hydrogen) atoms. The van der Waals surface area contributed by atoms with Gasteiger partial charge >= 0.3 is 17.9 Å². The van der Waals surface area contributed by atoms with E-state index in [1.807, 2.05) is 0 Å². The average molecular weight is 1150 g/mol. The molecule has 0 saturated carbocycles. The first-order valence-electron chi connectivity index (χ1n) is 34.7. The topological polar surface area (TPSA) is 78.9 Å². The summed E-state index contributed by atoms with van der Waals surface area (Å²) < 4.78 is 16.9. The second kappa shape index (κ2) is 70.0. The van der Waals surface area contributed by atoms with Gasteiger partial charge in [-0.25, -0.2) is 0 Å². The molecule has 6 nitrogen and oxygen atoms in total. The molecule has 0 N–H and O–H groups in total. The molecule has 0 saturated heterocycles. The molecule has 0 aliphatic heterocycles. The largest absolute Gasteiger partial charge is 0.462 e. The van der Waals surface area contributed by atoms with Crippen molar-refractivity contribution in [2.24, 2.45) is 0 Å². The summed E-state index contributed by atoms with van der Waals surface area (Å²) in [5.41, 5.74) is 0. The van der Waals surface area contributed by atoms with Crippen LogP contribution in [0.2, 0.25) is 0 Å². The summed E-state index contributed by atoms with van der Waals surface area (Å²) in [6.45, 7) is 6.39. The molecule has 0 aliphatic carbocycles. The van der Waals surface area contributed by atoms with E-state index >= 15 is 0 Å². The Labute approximate surface area is 513 Å². The summed E-state index contributed by atoms with van der Waals surface area (Å²) in [7, 11) is 0. The number of hydrogen-bond acceptors (Lipinski definition) is 6. The molecule has 0 rings (SSSR count). The van der Waals surface area contributed by atoms with Crippen molar-refractivity contribution in [2.75, 3.05) is 13.2 Å². The lowest BCUT2D eigenvalue weighted by Gasteiger charge is -2.18. The van der Waals surface area contributed by atoms with Gasteiger partial charge in [0.1, 0.15) is 13.2 Å². The van der Waals surface area contributed by atoms with Crippen molar-refractivity contribution in [1.29, 1.82) is 0 Å². The van der Waals surface area contributed by atoms with Gasteiger partial charge in [-0.3, -0.25) is 14.4 Å². The third kappa shape index (κ3) is 68.2. The molecule has 0 aliphatic rings. The van der Waals surface area contributed by atoms with Crippen molar-refractivity contribution in [3.8, 4) is 0 Å². The number of carbonyl (C=O) groups excluding carboxylic acids is 3. The summed E-state index contributed by atoms with van der Waals surface area (Å²) in [5.74, 6) is -0.951. The third-order valence-electron chi connectivity index (χ3n) is 14.7. The van der Waals surface area contributed by atoms with Crippen LogP contribution in [0, 0.1) is 0 Å². The molecule has 0 bridgehead atoms. The van der Waals surface area contributed by atoms with Crippen molar-refractivity contribution >= 4 is 17.9 Å². The number of hydrogen-bond donors (Lipinski definition) is 0. The van der Waals surface area contributed by atoms with Crippen molar-refractivity contribution in [1.82, 2.24) is 0 Å². The van der Waals surface area contributed by atoms with Crippen LogP contribution in [0.1, 0.15) is 316 Å². The lowest BCUT2D eigenvalue weighted by molar-refractivity contribution is -0.167. The average Bonchev–Trinajstić information content (AvgIpc) is 3.49. The van der Waals surface area contributed by atoms with Crippen LogP contribution < -0.4 is 0 Å². The Balaban J connectivity index is 4.35. The smallest absolute Gasteiger partial charge is 0.306 e. The lowest BCUT2D eigenvalue weighted by atomic mass is 10.0. The van der Waals surface area contributed by atoms with Gasteiger partial charge < -0.3 is 14.2 Å². The highest BCUT2D eigenvalue weighted by atomic mass is 16.6. The summed E-state index contributed by atoms with van der Waals surface area (Å²) in [5, 5.41) is 0. The zero-order valence-corrected chi connectivity index (χ0v) is 54.2. The fourth-order valence-electron chi connectivity index (χ4n) is 9.54. The number of ether oxygens (including phenoxy) is 3. The van der Waals surface area contributed by atoms with Gasteiger partial charge in [-0.2, -0.15) is 0 Å². The van der Waals surface area contributed by atoms with Crippen LogP contribution >= 0.6 is 0 Å². The maximum atomic E-state index is 12.9. The Morgan fingerprint density at radius 2 is 0.482 bits per heavy atom. The van der Waals surface area contributed by atoms with Crippen LogP contribution in [0.4, 0.5) is 0 Å². The quantitative estimate of drug-likeness (QED) is 0.0261. The highest BCUT2D eigenvalue weighted by molar-refractivity contribution is 5.71. The SMILES string of the molecule is CC/C=C\C/C=C\C/C=C\C/C=C\C/C=C\C/C=C\C/C=C\CCCC(=O)OC(COC(=O)CCCCCCCCCCCCCCC)COC(=O)CCCCCCCCCCCCCCCCCC/C=C\C/C=C\C/C=C\C/C=C\CC. The van der Waals surface area contributed by atoms with Gasteiger partial charge in [-0.15, -0.1) is 0 Å². The lowest BCUT2D eigenvalue weighted by Crippen LogP contribution is -2.30. The van der Waals surface area contributed by atoms with Crippen molar-refractivity contribution in [2.45, 2.75) is 322 Å². The van der Waals surface area contributed by atoms with Crippen molar-refractivity contribution in [3.05, 3.63) is 134 Å².